The summed E-state index contributed by atoms with van der Waals surface area (Å²) in [5.41, 5.74) is 0.888. The Kier molecular flexibility index (Phi) is 2.58. The number of phenols is 1. The topological polar surface area (TPSA) is 47.3 Å². The predicted octanol–water partition coefficient (Wildman–Crippen LogP) is 1.98. The van der Waals surface area contributed by atoms with E-state index in [4.69, 9.17) is 9.84 Å². The van der Waals surface area contributed by atoms with Crippen LogP contribution in [0.15, 0.2) is 36.7 Å². The van der Waals surface area contributed by atoms with Gasteiger partial charge in [0.05, 0.1) is 24.7 Å². The fraction of sp³-hybridized carbons (Fsp3) is 0.182. The number of rotatable bonds is 3. The SMILES string of the molecule is CCOc1cnn(-c2ccc(O)cc2)c1. The Morgan fingerprint density at radius 2 is 2.07 bits per heavy atom. The van der Waals surface area contributed by atoms with E-state index in [1.54, 1.807) is 41.3 Å². The molecule has 0 aliphatic carbocycles. The van der Waals surface area contributed by atoms with Crippen LogP contribution in [0.4, 0.5) is 0 Å². The molecule has 1 N–H and O–H groups in total. The molecular weight excluding hydrogens is 192 g/mol. The van der Waals surface area contributed by atoms with Crippen LogP contribution in [0.3, 0.4) is 0 Å². The lowest BCUT2D eigenvalue weighted by Gasteiger charge is -2.00. The maximum atomic E-state index is 9.14. The molecule has 0 atom stereocenters. The zero-order chi connectivity index (χ0) is 10.7. The van der Waals surface area contributed by atoms with E-state index in [-0.39, 0.29) is 5.75 Å². The van der Waals surface area contributed by atoms with Gasteiger partial charge in [-0.15, -0.1) is 0 Å². The summed E-state index contributed by atoms with van der Waals surface area (Å²) >= 11 is 0. The van der Waals surface area contributed by atoms with Crippen molar-refractivity contribution in [3.63, 3.8) is 0 Å². The Balaban J connectivity index is 2.25. The molecule has 0 saturated carbocycles. The van der Waals surface area contributed by atoms with Gasteiger partial charge in [0.1, 0.15) is 5.75 Å². The first kappa shape index (κ1) is 9.58. The zero-order valence-electron chi connectivity index (χ0n) is 8.42. The minimum absolute atomic E-state index is 0.246. The van der Waals surface area contributed by atoms with Crippen molar-refractivity contribution in [1.82, 2.24) is 9.78 Å². The molecule has 0 unspecified atom stereocenters. The van der Waals surface area contributed by atoms with Crippen molar-refractivity contribution in [1.29, 1.82) is 0 Å². The summed E-state index contributed by atoms with van der Waals surface area (Å²) < 4.78 is 7.00. The van der Waals surface area contributed by atoms with Crippen LogP contribution in [-0.2, 0) is 0 Å². The first-order chi connectivity index (χ1) is 7.29. The molecule has 1 aromatic carbocycles. The fourth-order valence-corrected chi connectivity index (χ4v) is 1.29. The Morgan fingerprint density at radius 1 is 1.33 bits per heavy atom. The largest absolute Gasteiger partial charge is 0.508 e. The molecule has 0 aliphatic heterocycles. The number of nitrogens with zero attached hydrogens (tertiary/aromatic N) is 2. The van der Waals surface area contributed by atoms with Crippen molar-refractivity contribution >= 4 is 0 Å². The highest BCUT2D eigenvalue weighted by molar-refractivity contribution is 5.37. The van der Waals surface area contributed by atoms with Crippen LogP contribution in [0.1, 0.15) is 6.92 Å². The summed E-state index contributed by atoms with van der Waals surface area (Å²) in [7, 11) is 0. The molecule has 4 heteroatoms. The molecule has 78 valence electrons. The number of phenolic OH excluding ortho intramolecular Hbond substituents is 1. The van der Waals surface area contributed by atoms with Crippen LogP contribution in [0.5, 0.6) is 11.5 Å². The molecule has 0 fully saturated rings. The van der Waals surface area contributed by atoms with E-state index in [1.165, 1.54) is 0 Å². The number of aromatic nitrogens is 2. The van der Waals surface area contributed by atoms with Gasteiger partial charge >= 0.3 is 0 Å². The molecule has 0 spiro atoms. The molecule has 4 nitrogen and oxygen atoms in total. The summed E-state index contributed by atoms with van der Waals surface area (Å²) in [5.74, 6) is 0.988. The average molecular weight is 204 g/mol. The molecule has 2 rings (SSSR count). The van der Waals surface area contributed by atoms with Crippen molar-refractivity contribution in [2.45, 2.75) is 6.92 Å². The van der Waals surface area contributed by atoms with Gasteiger partial charge in [0.2, 0.25) is 0 Å². The Hall–Kier alpha value is -1.97. The van der Waals surface area contributed by atoms with Crippen LogP contribution >= 0.6 is 0 Å². The van der Waals surface area contributed by atoms with Gasteiger partial charge in [0.25, 0.3) is 0 Å². The van der Waals surface area contributed by atoms with E-state index in [2.05, 4.69) is 5.10 Å². The highest BCUT2D eigenvalue weighted by atomic mass is 16.5. The van der Waals surface area contributed by atoms with Crippen molar-refractivity contribution in [2.75, 3.05) is 6.61 Å². The van der Waals surface area contributed by atoms with Gasteiger partial charge in [-0.25, -0.2) is 4.68 Å². The molecule has 1 aromatic heterocycles. The van der Waals surface area contributed by atoms with E-state index >= 15 is 0 Å². The summed E-state index contributed by atoms with van der Waals surface area (Å²) in [6, 6.07) is 6.82. The van der Waals surface area contributed by atoms with Crippen molar-refractivity contribution in [3.8, 4) is 17.2 Å². The van der Waals surface area contributed by atoms with Crippen LogP contribution in [0.25, 0.3) is 5.69 Å². The molecular formula is C11H12N2O2. The third-order valence-electron chi connectivity index (χ3n) is 1.98. The minimum Gasteiger partial charge on any atom is -0.508 e. The Morgan fingerprint density at radius 3 is 2.73 bits per heavy atom. The predicted molar refractivity (Wildman–Crippen MR) is 56.4 cm³/mol. The van der Waals surface area contributed by atoms with Gasteiger partial charge in [0.15, 0.2) is 5.75 Å². The van der Waals surface area contributed by atoms with Crippen LogP contribution in [0, 0.1) is 0 Å². The number of ether oxygens (including phenoxy) is 1. The normalized spacial score (nSPS) is 10.2. The van der Waals surface area contributed by atoms with Gasteiger partial charge in [-0.05, 0) is 31.2 Å². The van der Waals surface area contributed by atoms with Gasteiger partial charge in [-0.3, -0.25) is 0 Å². The summed E-state index contributed by atoms with van der Waals surface area (Å²) in [4.78, 5) is 0. The van der Waals surface area contributed by atoms with Crippen molar-refractivity contribution in [2.24, 2.45) is 0 Å². The summed E-state index contributed by atoms with van der Waals surface area (Å²) in [6.45, 7) is 2.55. The quantitative estimate of drug-likeness (QED) is 0.831. The Bertz CT molecular complexity index is 434. The van der Waals surface area contributed by atoms with Crippen LogP contribution < -0.4 is 4.74 Å². The highest BCUT2D eigenvalue weighted by Crippen LogP contribution is 2.16. The monoisotopic (exact) mass is 204 g/mol. The smallest absolute Gasteiger partial charge is 0.157 e. The second kappa shape index (κ2) is 4.04. The molecule has 0 radical (unpaired) electrons. The lowest BCUT2D eigenvalue weighted by molar-refractivity contribution is 0.340. The van der Waals surface area contributed by atoms with Crippen molar-refractivity contribution < 1.29 is 9.84 Å². The summed E-state index contributed by atoms with van der Waals surface area (Å²) in [5, 5.41) is 13.3. The summed E-state index contributed by atoms with van der Waals surface area (Å²) in [6.07, 6.45) is 3.46. The molecule has 0 aliphatic rings. The molecule has 0 saturated heterocycles. The first-order valence-electron chi connectivity index (χ1n) is 4.76. The molecule has 1 heterocycles. The van der Waals surface area contributed by atoms with Crippen LogP contribution in [-0.4, -0.2) is 21.5 Å². The number of benzene rings is 1. The number of hydrogen-bond acceptors (Lipinski definition) is 3. The van der Waals surface area contributed by atoms with E-state index in [9.17, 15) is 0 Å². The molecule has 2 aromatic rings. The maximum Gasteiger partial charge on any atom is 0.157 e. The van der Waals surface area contributed by atoms with E-state index in [1.807, 2.05) is 6.92 Å². The maximum absolute atomic E-state index is 9.14. The third kappa shape index (κ3) is 2.10. The molecule has 0 bridgehead atoms. The van der Waals surface area contributed by atoms with E-state index < -0.39 is 0 Å². The third-order valence-corrected chi connectivity index (χ3v) is 1.98. The number of hydrogen-bond donors (Lipinski definition) is 1. The minimum atomic E-state index is 0.246. The first-order valence-corrected chi connectivity index (χ1v) is 4.76. The zero-order valence-corrected chi connectivity index (χ0v) is 8.42. The van der Waals surface area contributed by atoms with Crippen molar-refractivity contribution in [3.05, 3.63) is 36.7 Å². The highest BCUT2D eigenvalue weighted by Gasteiger charge is 2.00. The lowest BCUT2D eigenvalue weighted by atomic mass is 10.3. The van der Waals surface area contributed by atoms with Gasteiger partial charge < -0.3 is 9.84 Å². The van der Waals surface area contributed by atoms with Gasteiger partial charge in [-0.1, -0.05) is 0 Å². The average Bonchev–Trinajstić information content (AvgIpc) is 2.68. The second-order valence-electron chi connectivity index (χ2n) is 3.07. The Labute approximate surface area is 87.7 Å². The fourth-order valence-electron chi connectivity index (χ4n) is 1.29. The number of aromatic hydroxyl groups is 1. The molecule has 15 heavy (non-hydrogen) atoms. The standard InChI is InChI=1S/C11H12N2O2/c1-2-15-11-7-12-13(8-11)9-3-5-10(14)6-4-9/h3-8,14H,2H2,1H3. The van der Waals surface area contributed by atoms with Gasteiger partial charge in [0, 0.05) is 0 Å². The van der Waals surface area contributed by atoms with Gasteiger partial charge in [-0.2, -0.15) is 5.10 Å². The second-order valence-corrected chi connectivity index (χ2v) is 3.07. The lowest BCUT2D eigenvalue weighted by Crippen LogP contribution is -1.93. The van der Waals surface area contributed by atoms with E-state index in [0.29, 0.717) is 6.61 Å². The van der Waals surface area contributed by atoms with Crippen LogP contribution in [0.2, 0.25) is 0 Å². The van der Waals surface area contributed by atoms with E-state index in [0.717, 1.165) is 11.4 Å². The molecule has 0 amide bonds.